The molecule has 2 fully saturated rings. The van der Waals surface area contributed by atoms with Crippen LogP contribution in [0.15, 0.2) is 30.5 Å². The molecule has 4 nitrogen and oxygen atoms in total. The molecule has 0 radical (unpaired) electrons. The third-order valence-electron chi connectivity index (χ3n) is 5.61. The van der Waals surface area contributed by atoms with Crippen molar-refractivity contribution in [1.82, 2.24) is 5.32 Å². The number of hydrogen-bond donors (Lipinski definition) is 1. The van der Waals surface area contributed by atoms with E-state index in [0.29, 0.717) is 6.42 Å². The SMILES string of the molecule is C=C1CCC(N2C(=O)C3(CC3)c3cccc(C(C)(C)C)c32)C(=O)N1. The molecule has 126 valence electrons. The van der Waals surface area contributed by atoms with Gasteiger partial charge >= 0.3 is 0 Å². The Balaban J connectivity index is 1.88. The third-order valence-corrected chi connectivity index (χ3v) is 5.61. The number of allylic oxidation sites excluding steroid dienone is 1. The Labute approximate surface area is 142 Å². The van der Waals surface area contributed by atoms with Gasteiger partial charge in [0.1, 0.15) is 6.04 Å². The Kier molecular flexibility index (Phi) is 3.03. The number of hydrogen-bond acceptors (Lipinski definition) is 2. The van der Waals surface area contributed by atoms with Crippen LogP contribution in [0.2, 0.25) is 0 Å². The number of carbonyl (C=O) groups is 2. The molecule has 4 heteroatoms. The lowest BCUT2D eigenvalue weighted by atomic mass is 9.83. The Hall–Kier alpha value is -2.10. The summed E-state index contributed by atoms with van der Waals surface area (Å²) < 4.78 is 0. The first-order valence-electron chi connectivity index (χ1n) is 8.72. The van der Waals surface area contributed by atoms with Gasteiger partial charge in [-0.25, -0.2) is 0 Å². The minimum absolute atomic E-state index is 0.0843. The van der Waals surface area contributed by atoms with Gasteiger partial charge in [0.25, 0.3) is 0 Å². The summed E-state index contributed by atoms with van der Waals surface area (Å²) in [5.41, 5.74) is 3.55. The molecule has 0 aromatic heterocycles. The number of amides is 2. The van der Waals surface area contributed by atoms with Crippen LogP contribution in [0.3, 0.4) is 0 Å². The fraction of sp³-hybridized carbons (Fsp3) is 0.500. The van der Waals surface area contributed by atoms with Gasteiger partial charge in [0.15, 0.2) is 0 Å². The molecule has 0 bridgehead atoms. The summed E-state index contributed by atoms with van der Waals surface area (Å²) in [6, 6.07) is 5.80. The van der Waals surface area contributed by atoms with Crippen molar-refractivity contribution in [2.45, 2.75) is 63.3 Å². The van der Waals surface area contributed by atoms with Crippen molar-refractivity contribution in [2.75, 3.05) is 4.90 Å². The molecule has 2 aliphatic heterocycles. The van der Waals surface area contributed by atoms with Crippen molar-refractivity contribution >= 4 is 17.5 Å². The minimum atomic E-state index is -0.426. The van der Waals surface area contributed by atoms with Gasteiger partial charge in [-0.3, -0.25) is 14.5 Å². The molecule has 1 aromatic rings. The Morgan fingerprint density at radius 1 is 1.25 bits per heavy atom. The Bertz CT molecular complexity index is 768. The number of fused-ring (bicyclic) bond motifs is 2. The summed E-state index contributed by atoms with van der Waals surface area (Å²) in [6.45, 7) is 10.3. The van der Waals surface area contributed by atoms with E-state index in [1.165, 1.54) is 0 Å². The highest BCUT2D eigenvalue weighted by atomic mass is 16.2. The first-order valence-corrected chi connectivity index (χ1v) is 8.72. The Morgan fingerprint density at radius 3 is 2.54 bits per heavy atom. The largest absolute Gasteiger partial charge is 0.329 e. The summed E-state index contributed by atoms with van der Waals surface area (Å²) in [6.07, 6.45) is 3.15. The summed E-state index contributed by atoms with van der Waals surface area (Å²) in [5.74, 6) is 0.00817. The molecule has 2 heterocycles. The summed E-state index contributed by atoms with van der Waals surface area (Å²) >= 11 is 0. The maximum atomic E-state index is 13.3. The molecule has 1 saturated heterocycles. The predicted octanol–water partition coefficient (Wildman–Crippen LogP) is 3.15. The molecular weight excluding hydrogens is 300 g/mol. The van der Waals surface area contributed by atoms with Crippen molar-refractivity contribution in [1.29, 1.82) is 0 Å². The van der Waals surface area contributed by atoms with E-state index in [0.717, 1.165) is 41.8 Å². The zero-order valence-electron chi connectivity index (χ0n) is 14.6. The second kappa shape index (κ2) is 4.71. The zero-order valence-corrected chi connectivity index (χ0v) is 14.6. The second-order valence-electron chi connectivity index (χ2n) is 8.36. The maximum absolute atomic E-state index is 13.3. The predicted molar refractivity (Wildman–Crippen MR) is 93.8 cm³/mol. The van der Waals surface area contributed by atoms with Crippen LogP contribution in [-0.2, 0) is 20.4 Å². The van der Waals surface area contributed by atoms with E-state index < -0.39 is 6.04 Å². The molecule has 1 saturated carbocycles. The number of rotatable bonds is 1. The molecule has 2 amide bonds. The van der Waals surface area contributed by atoms with Crippen LogP contribution in [0, 0.1) is 0 Å². The summed E-state index contributed by atoms with van der Waals surface area (Å²) in [7, 11) is 0. The van der Waals surface area contributed by atoms with Gasteiger partial charge in [0.2, 0.25) is 11.8 Å². The van der Waals surface area contributed by atoms with E-state index in [9.17, 15) is 9.59 Å². The molecule has 1 N–H and O–H groups in total. The van der Waals surface area contributed by atoms with Crippen LogP contribution >= 0.6 is 0 Å². The maximum Gasteiger partial charge on any atom is 0.247 e. The normalized spacial score (nSPS) is 25.0. The van der Waals surface area contributed by atoms with Crippen molar-refractivity contribution < 1.29 is 9.59 Å². The molecule has 24 heavy (non-hydrogen) atoms. The smallest absolute Gasteiger partial charge is 0.247 e. The lowest BCUT2D eigenvalue weighted by Crippen LogP contribution is -2.52. The van der Waals surface area contributed by atoms with Crippen molar-refractivity contribution in [3.63, 3.8) is 0 Å². The number of benzene rings is 1. The number of para-hydroxylation sites is 1. The molecular formula is C20H24N2O2. The number of nitrogens with zero attached hydrogens (tertiary/aromatic N) is 1. The highest BCUT2D eigenvalue weighted by molar-refractivity contribution is 6.14. The molecule has 1 atom stereocenters. The molecule has 1 spiro atoms. The first-order chi connectivity index (χ1) is 11.3. The van der Waals surface area contributed by atoms with Gasteiger partial charge in [-0.1, -0.05) is 45.5 Å². The van der Waals surface area contributed by atoms with Crippen LogP contribution < -0.4 is 10.2 Å². The van der Waals surface area contributed by atoms with Crippen molar-refractivity contribution in [3.8, 4) is 0 Å². The monoisotopic (exact) mass is 324 g/mol. The van der Waals surface area contributed by atoms with E-state index in [1.807, 2.05) is 4.90 Å². The van der Waals surface area contributed by atoms with E-state index in [1.54, 1.807) is 0 Å². The van der Waals surface area contributed by atoms with Crippen LogP contribution in [0.4, 0.5) is 5.69 Å². The Morgan fingerprint density at radius 2 is 1.96 bits per heavy atom. The van der Waals surface area contributed by atoms with Crippen molar-refractivity contribution in [2.24, 2.45) is 0 Å². The van der Waals surface area contributed by atoms with Gasteiger partial charge < -0.3 is 5.32 Å². The van der Waals surface area contributed by atoms with Crippen molar-refractivity contribution in [3.05, 3.63) is 41.6 Å². The quantitative estimate of drug-likeness (QED) is 0.863. The van der Waals surface area contributed by atoms with Crippen LogP contribution in [0.25, 0.3) is 0 Å². The lowest BCUT2D eigenvalue weighted by molar-refractivity contribution is -0.127. The summed E-state index contributed by atoms with van der Waals surface area (Å²) in [5, 5.41) is 2.84. The molecule has 1 aliphatic carbocycles. The van der Waals surface area contributed by atoms with Gasteiger partial charge in [-0.2, -0.15) is 0 Å². The topological polar surface area (TPSA) is 49.4 Å². The number of anilines is 1. The van der Waals surface area contributed by atoms with E-state index in [2.05, 4.69) is 50.9 Å². The minimum Gasteiger partial charge on any atom is -0.329 e. The second-order valence-corrected chi connectivity index (χ2v) is 8.36. The van der Waals surface area contributed by atoms with Gasteiger partial charge in [0, 0.05) is 5.70 Å². The fourth-order valence-corrected chi connectivity index (χ4v) is 4.16. The average molecular weight is 324 g/mol. The molecule has 1 unspecified atom stereocenters. The number of piperidine rings is 1. The number of nitrogens with one attached hydrogen (secondary N) is 1. The average Bonchev–Trinajstić information content (AvgIpc) is 3.25. The van der Waals surface area contributed by atoms with Gasteiger partial charge in [-0.15, -0.1) is 0 Å². The van der Waals surface area contributed by atoms with Crippen LogP contribution in [0.5, 0.6) is 0 Å². The fourth-order valence-electron chi connectivity index (χ4n) is 4.16. The standard InChI is InChI=1S/C20H24N2O2/c1-12-8-9-15(17(23)21-12)22-16-13(19(2,3)4)6-5-7-14(16)20(10-11-20)18(22)24/h5-7,15H,1,8-11H2,2-4H3,(H,21,23). The zero-order chi connectivity index (χ0) is 17.3. The molecule has 3 aliphatic rings. The van der Waals surface area contributed by atoms with Crippen LogP contribution in [0.1, 0.15) is 57.6 Å². The first kappa shape index (κ1) is 15.4. The van der Waals surface area contributed by atoms with Crippen LogP contribution in [-0.4, -0.2) is 17.9 Å². The third kappa shape index (κ3) is 1.98. The van der Waals surface area contributed by atoms with E-state index >= 15 is 0 Å². The highest BCUT2D eigenvalue weighted by Gasteiger charge is 2.61. The van der Waals surface area contributed by atoms with E-state index in [4.69, 9.17) is 0 Å². The van der Waals surface area contributed by atoms with Gasteiger partial charge in [0.05, 0.1) is 11.1 Å². The highest BCUT2D eigenvalue weighted by Crippen LogP contribution is 2.59. The van der Waals surface area contributed by atoms with E-state index in [-0.39, 0.29) is 22.6 Å². The summed E-state index contributed by atoms with van der Waals surface area (Å²) in [4.78, 5) is 27.7. The number of carbonyl (C=O) groups excluding carboxylic acids is 2. The molecule has 1 aromatic carbocycles. The molecule has 4 rings (SSSR count). The van der Waals surface area contributed by atoms with Gasteiger partial charge in [-0.05, 0) is 42.2 Å². The lowest BCUT2D eigenvalue weighted by Gasteiger charge is -2.34.